The average molecular weight is 285 g/mol. The molecular formula is C16H32N2S. The monoisotopic (exact) mass is 284 g/mol. The van der Waals surface area contributed by atoms with Gasteiger partial charge in [-0.1, -0.05) is 33.6 Å². The Morgan fingerprint density at radius 2 is 1.89 bits per heavy atom. The Morgan fingerprint density at radius 1 is 1.21 bits per heavy atom. The normalized spacial score (nSPS) is 34.7. The van der Waals surface area contributed by atoms with Crippen molar-refractivity contribution in [3.8, 4) is 0 Å². The zero-order valence-corrected chi connectivity index (χ0v) is 13.8. The van der Waals surface area contributed by atoms with E-state index in [1.165, 1.54) is 50.9 Å². The van der Waals surface area contributed by atoms with Crippen molar-refractivity contribution in [1.82, 2.24) is 4.90 Å². The second-order valence-electron chi connectivity index (χ2n) is 7.22. The van der Waals surface area contributed by atoms with Crippen LogP contribution in [0.4, 0.5) is 0 Å². The third-order valence-electron chi connectivity index (χ3n) is 5.19. The van der Waals surface area contributed by atoms with Crippen LogP contribution in [0.1, 0.15) is 52.9 Å². The molecule has 0 amide bonds. The molecule has 3 heteroatoms. The van der Waals surface area contributed by atoms with E-state index in [2.05, 4.69) is 37.4 Å². The van der Waals surface area contributed by atoms with Crippen molar-refractivity contribution in [3.05, 3.63) is 0 Å². The first-order chi connectivity index (χ1) is 9.02. The van der Waals surface area contributed by atoms with Crippen LogP contribution in [-0.2, 0) is 0 Å². The van der Waals surface area contributed by atoms with Gasteiger partial charge in [0.25, 0.3) is 0 Å². The molecule has 2 fully saturated rings. The quantitative estimate of drug-likeness (QED) is 0.861. The summed E-state index contributed by atoms with van der Waals surface area (Å²) in [6.07, 6.45) is 6.92. The molecule has 2 N–H and O–H groups in total. The first-order valence-electron chi connectivity index (χ1n) is 8.10. The molecule has 112 valence electrons. The molecule has 2 rings (SSSR count). The SMILES string of the molecule is CC1CCC(C(CN)N2CCSC(C)(C)CC2)CC1. The zero-order valence-electron chi connectivity index (χ0n) is 13.0. The van der Waals surface area contributed by atoms with E-state index in [0.717, 1.165) is 18.4 Å². The van der Waals surface area contributed by atoms with Gasteiger partial charge in [0.2, 0.25) is 0 Å². The van der Waals surface area contributed by atoms with E-state index < -0.39 is 0 Å². The molecule has 1 heterocycles. The maximum atomic E-state index is 6.14. The minimum absolute atomic E-state index is 0.453. The molecule has 1 unspecified atom stereocenters. The van der Waals surface area contributed by atoms with Crippen molar-refractivity contribution in [2.45, 2.75) is 63.7 Å². The first kappa shape index (κ1) is 15.7. The summed E-state index contributed by atoms with van der Waals surface area (Å²) in [5, 5.41) is 0. The van der Waals surface area contributed by atoms with Crippen LogP contribution >= 0.6 is 11.8 Å². The lowest BCUT2D eigenvalue weighted by Gasteiger charge is -2.39. The summed E-state index contributed by atoms with van der Waals surface area (Å²) in [7, 11) is 0. The van der Waals surface area contributed by atoms with Crippen molar-refractivity contribution in [3.63, 3.8) is 0 Å². The predicted octanol–water partition coefficient (Wildman–Crippen LogP) is 3.36. The number of nitrogens with zero attached hydrogens (tertiary/aromatic N) is 1. The third kappa shape index (κ3) is 4.37. The molecule has 0 aromatic rings. The molecule has 0 aromatic carbocycles. The molecule has 0 spiro atoms. The van der Waals surface area contributed by atoms with Crippen LogP contribution in [0.5, 0.6) is 0 Å². The smallest absolute Gasteiger partial charge is 0.0246 e. The van der Waals surface area contributed by atoms with Crippen molar-refractivity contribution in [1.29, 1.82) is 0 Å². The Hall–Kier alpha value is 0.270. The van der Waals surface area contributed by atoms with E-state index in [4.69, 9.17) is 5.73 Å². The van der Waals surface area contributed by atoms with Gasteiger partial charge < -0.3 is 5.73 Å². The lowest BCUT2D eigenvalue weighted by atomic mass is 9.78. The molecule has 2 aliphatic rings. The molecule has 1 atom stereocenters. The van der Waals surface area contributed by atoms with Crippen LogP contribution in [0.3, 0.4) is 0 Å². The van der Waals surface area contributed by atoms with Crippen molar-refractivity contribution < 1.29 is 0 Å². The van der Waals surface area contributed by atoms with Gasteiger partial charge in [-0.05, 0) is 37.6 Å². The van der Waals surface area contributed by atoms with Gasteiger partial charge in [-0.15, -0.1) is 0 Å². The van der Waals surface area contributed by atoms with Crippen LogP contribution < -0.4 is 5.73 Å². The molecule has 1 saturated carbocycles. The number of thioether (sulfide) groups is 1. The summed E-state index contributed by atoms with van der Waals surface area (Å²) in [5.41, 5.74) is 6.14. The van der Waals surface area contributed by atoms with Gasteiger partial charge in [0, 0.05) is 29.6 Å². The van der Waals surface area contributed by atoms with Crippen molar-refractivity contribution >= 4 is 11.8 Å². The Balaban J connectivity index is 1.93. The summed E-state index contributed by atoms with van der Waals surface area (Å²) in [5.74, 6) is 3.06. The summed E-state index contributed by atoms with van der Waals surface area (Å²) in [6.45, 7) is 10.5. The highest BCUT2D eigenvalue weighted by molar-refractivity contribution is 8.00. The van der Waals surface area contributed by atoms with E-state index in [-0.39, 0.29) is 0 Å². The molecular weight excluding hydrogens is 252 g/mol. The largest absolute Gasteiger partial charge is 0.329 e. The molecule has 1 aliphatic carbocycles. The van der Waals surface area contributed by atoms with Gasteiger partial charge in [-0.2, -0.15) is 11.8 Å². The van der Waals surface area contributed by atoms with Crippen LogP contribution in [0.25, 0.3) is 0 Å². The second kappa shape index (κ2) is 6.82. The van der Waals surface area contributed by atoms with Crippen molar-refractivity contribution in [2.24, 2.45) is 17.6 Å². The molecule has 0 bridgehead atoms. The van der Waals surface area contributed by atoms with E-state index >= 15 is 0 Å². The Labute approximate surface area is 123 Å². The topological polar surface area (TPSA) is 29.3 Å². The average Bonchev–Trinajstić information content (AvgIpc) is 2.54. The number of nitrogens with two attached hydrogens (primary N) is 1. The third-order valence-corrected chi connectivity index (χ3v) is 6.56. The number of hydrogen-bond acceptors (Lipinski definition) is 3. The Kier molecular flexibility index (Phi) is 5.62. The summed E-state index contributed by atoms with van der Waals surface area (Å²) < 4.78 is 0.453. The molecule has 1 aliphatic heterocycles. The first-order valence-corrected chi connectivity index (χ1v) is 9.08. The van der Waals surface area contributed by atoms with Crippen LogP contribution in [0, 0.1) is 11.8 Å². The molecule has 0 aromatic heterocycles. The van der Waals surface area contributed by atoms with Crippen LogP contribution in [0.15, 0.2) is 0 Å². The number of hydrogen-bond donors (Lipinski definition) is 1. The zero-order chi connectivity index (χ0) is 13.9. The second-order valence-corrected chi connectivity index (χ2v) is 9.02. The van der Waals surface area contributed by atoms with Crippen LogP contribution in [-0.4, -0.2) is 41.1 Å². The van der Waals surface area contributed by atoms with Gasteiger partial charge in [0.1, 0.15) is 0 Å². The van der Waals surface area contributed by atoms with Gasteiger partial charge in [0.15, 0.2) is 0 Å². The predicted molar refractivity (Wildman–Crippen MR) is 86.7 cm³/mol. The van der Waals surface area contributed by atoms with Crippen molar-refractivity contribution in [2.75, 3.05) is 25.4 Å². The highest BCUT2D eigenvalue weighted by Gasteiger charge is 2.32. The van der Waals surface area contributed by atoms with Gasteiger partial charge in [-0.25, -0.2) is 0 Å². The molecule has 2 nitrogen and oxygen atoms in total. The van der Waals surface area contributed by atoms with Gasteiger partial charge in [-0.3, -0.25) is 4.90 Å². The van der Waals surface area contributed by atoms with Crippen LogP contribution in [0.2, 0.25) is 0 Å². The van der Waals surface area contributed by atoms with Gasteiger partial charge >= 0.3 is 0 Å². The summed E-state index contributed by atoms with van der Waals surface area (Å²) in [4.78, 5) is 2.71. The minimum Gasteiger partial charge on any atom is -0.329 e. The number of rotatable bonds is 3. The lowest BCUT2D eigenvalue weighted by Crippen LogP contribution is -2.47. The Bertz CT molecular complexity index is 272. The fourth-order valence-electron chi connectivity index (χ4n) is 3.68. The fourth-order valence-corrected chi connectivity index (χ4v) is 4.79. The summed E-state index contributed by atoms with van der Waals surface area (Å²) in [6, 6.07) is 0.641. The summed E-state index contributed by atoms with van der Waals surface area (Å²) >= 11 is 2.14. The van der Waals surface area contributed by atoms with E-state index in [0.29, 0.717) is 10.8 Å². The van der Waals surface area contributed by atoms with Gasteiger partial charge in [0.05, 0.1) is 0 Å². The highest BCUT2D eigenvalue weighted by atomic mass is 32.2. The minimum atomic E-state index is 0.453. The standard InChI is InChI=1S/C16H32N2S/c1-13-4-6-14(7-5-13)15(12-17)18-9-8-16(2,3)19-11-10-18/h13-15H,4-12,17H2,1-3H3. The molecule has 19 heavy (non-hydrogen) atoms. The maximum Gasteiger partial charge on any atom is 0.0246 e. The Morgan fingerprint density at radius 3 is 2.53 bits per heavy atom. The fraction of sp³-hybridized carbons (Fsp3) is 1.00. The molecule has 0 radical (unpaired) electrons. The molecule has 1 saturated heterocycles. The van der Waals surface area contributed by atoms with E-state index in [9.17, 15) is 0 Å². The lowest BCUT2D eigenvalue weighted by molar-refractivity contribution is 0.116. The highest BCUT2D eigenvalue weighted by Crippen LogP contribution is 2.35. The maximum absolute atomic E-state index is 6.14. The van der Waals surface area contributed by atoms with E-state index in [1.54, 1.807) is 0 Å². The van der Waals surface area contributed by atoms with E-state index in [1.807, 2.05) is 0 Å².